The van der Waals surface area contributed by atoms with Crippen LogP contribution < -0.4 is 0 Å². The third kappa shape index (κ3) is 3.10. The van der Waals surface area contributed by atoms with Crippen LogP contribution in [0, 0.1) is 13.8 Å². The molecule has 1 heteroatoms. The summed E-state index contributed by atoms with van der Waals surface area (Å²) in [5.74, 6) is 0. The lowest BCUT2D eigenvalue weighted by molar-refractivity contribution is 0.319. The molecule has 96 valence electrons. The molecule has 0 spiro atoms. The first-order chi connectivity index (χ1) is 7.64. The molecule has 0 amide bonds. The Hall–Kier alpha value is -0.820. The minimum atomic E-state index is 0.232. The Kier molecular flexibility index (Phi) is 4.03. The summed E-state index contributed by atoms with van der Waals surface area (Å²) in [5, 5.41) is 0. The molecule has 0 heterocycles. The van der Waals surface area contributed by atoms with Gasteiger partial charge in [0.05, 0.1) is 0 Å². The molecule has 1 aromatic rings. The maximum Gasteiger partial charge on any atom is 0.0319 e. The molecule has 17 heavy (non-hydrogen) atoms. The zero-order valence-corrected chi connectivity index (χ0v) is 12.7. The van der Waals surface area contributed by atoms with Crippen molar-refractivity contribution in [3.05, 3.63) is 34.4 Å². The Morgan fingerprint density at radius 3 is 1.71 bits per heavy atom. The van der Waals surface area contributed by atoms with Crippen LogP contribution in [0.5, 0.6) is 0 Å². The third-order valence-corrected chi connectivity index (χ3v) is 3.65. The molecule has 1 nitrogen and oxygen atoms in total. The van der Waals surface area contributed by atoms with E-state index in [-0.39, 0.29) is 5.41 Å². The SMILES string of the molecule is Cc1cc(C(C)(C)C)cc(C)c1C(C)N(C)C. The number of benzene rings is 1. The van der Waals surface area contributed by atoms with E-state index in [0.29, 0.717) is 6.04 Å². The number of rotatable bonds is 2. The van der Waals surface area contributed by atoms with Crippen LogP contribution >= 0.6 is 0 Å². The topological polar surface area (TPSA) is 3.24 Å². The summed E-state index contributed by atoms with van der Waals surface area (Å²) in [7, 11) is 4.28. The van der Waals surface area contributed by atoms with Crippen molar-refractivity contribution in [2.75, 3.05) is 14.1 Å². The van der Waals surface area contributed by atoms with Crippen molar-refractivity contribution in [2.24, 2.45) is 0 Å². The number of hydrogen-bond acceptors (Lipinski definition) is 1. The summed E-state index contributed by atoms with van der Waals surface area (Å²) in [6.45, 7) is 13.6. The van der Waals surface area contributed by atoms with Crippen LogP contribution in [-0.4, -0.2) is 19.0 Å². The second-order valence-electron chi connectivity index (χ2n) is 6.41. The Balaban J connectivity index is 3.29. The molecule has 1 atom stereocenters. The smallest absolute Gasteiger partial charge is 0.0319 e. The van der Waals surface area contributed by atoms with Crippen molar-refractivity contribution >= 4 is 0 Å². The summed E-state index contributed by atoms with van der Waals surface area (Å²) in [6, 6.07) is 5.18. The van der Waals surface area contributed by atoms with Gasteiger partial charge in [-0.1, -0.05) is 32.9 Å². The lowest BCUT2D eigenvalue weighted by Gasteiger charge is -2.27. The van der Waals surface area contributed by atoms with Gasteiger partial charge in [-0.3, -0.25) is 0 Å². The fourth-order valence-electron chi connectivity index (χ4n) is 2.32. The Morgan fingerprint density at radius 1 is 1.00 bits per heavy atom. The standard InChI is InChI=1S/C16H27N/c1-11-9-14(16(4,5)6)10-12(2)15(11)13(3)17(7)8/h9-10,13H,1-8H3. The van der Waals surface area contributed by atoms with E-state index < -0.39 is 0 Å². The average molecular weight is 233 g/mol. The first-order valence-corrected chi connectivity index (χ1v) is 6.42. The van der Waals surface area contributed by atoms with E-state index in [1.165, 1.54) is 22.3 Å². The molecule has 0 aliphatic heterocycles. The van der Waals surface area contributed by atoms with Gasteiger partial charge in [0.25, 0.3) is 0 Å². The van der Waals surface area contributed by atoms with Gasteiger partial charge in [-0.05, 0) is 62.5 Å². The summed E-state index contributed by atoms with van der Waals surface area (Å²) >= 11 is 0. The van der Waals surface area contributed by atoms with Gasteiger partial charge in [-0.15, -0.1) is 0 Å². The molecule has 1 unspecified atom stereocenters. The number of aryl methyl sites for hydroxylation is 2. The van der Waals surface area contributed by atoms with Crippen LogP contribution in [0.2, 0.25) is 0 Å². The third-order valence-electron chi connectivity index (χ3n) is 3.65. The van der Waals surface area contributed by atoms with Crippen molar-refractivity contribution < 1.29 is 0 Å². The average Bonchev–Trinajstić information content (AvgIpc) is 2.14. The van der Waals surface area contributed by atoms with Gasteiger partial charge < -0.3 is 4.90 Å². The largest absolute Gasteiger partial charge is 0.303 e. The van der Waals surface area contributed by atoms with Crippen LogP contribution in [0.3, 0.4) is 0 Å². The van der Waals surface area contributed by atoms with Gasteiger partial charge in [0.2, 0.25) is 0 Å². The fourth-order valence-corrected chi connectivity index (χ4v) is 2.32. The molecule has 0 fully saturated rings. The quantitative estimate of drug-likeness (QED) is 0.739. The summed E-state index contributed by atoms with van der Waals surface area (Å²) in [5.41, 5.74) is 5.97. The van der Waals surface area contributed by atoms with Crippen molar-refractivity contribution in [2.45, 2.75) is 53.0 Å². The van der Waals surface area contributed by atoms with E-state index >= 15 is 0 Å². The van der Waals surface area contributed by atoms with Gasteiger partial charge in [0.15, 0.2) is 0 Å². The highest BCUT2D eigenvalue weighted by Gasteiger charge is 2.19. The van der Waals surface area contributed by atoms with E-state index in [9.17, 15) is 0 Å². The molecule has 0 radical (unpaired) electrons. The molecular weight excluding hydrogens is 206 g/mol. The van der Waals surface area contributed by atoms with Gasteiger partial charge >= 0.3 is 0 Å². The molecular formula is C16H27N. The highest BCUT2D eigenvalue weighted by molar-refractivity contribution is 5.42. The highest BCUT2D eigenvalue weighted by Crippen LogP contribution is 2.31. The molecule has 0 aliphatic carbocycles. The maximum atomic E-state index is 2.35. The molecule has 0 N–H and O–H groups in total. The van der Waals surface area contributed by atoms with E-state index in [1.807, 2.05) is 0 Å². The predicted octanol–water partition coefficient (Wildman–Crippen LogP) is 4.22. The Bertz CT molecular complexity index is 373. The highest BCUT2D eigenvalue weighted by atomic mass is 15.1. The van der Waals surface area contributed by atoms with Gasteiger partial charge in [0, 0.05) is 6.04 Å². The molecule has 1 rings (SSSR count). The fraction of sp³-hybridized carbons (Fsp3) is 0.625. The first kappa shape index (κ1) is 14.2. The molecule has 0 aliphatic rings. The number of hydrogen-bond donors (Lipinski definition) is 0. The van der Waals surface area contributed by atoms with Gasteiger partial charge in [-0.2, -0.15) is 0 Å². The van der Waals surface area contributed by atoms with Crippen molar-refractivity contribution in [3.63, 3.8) is 0 Å². The zero-order valence-electron chi connectivity index (χ0n) is 12.7. The zero-order chi connectivity index (χ0) is 13.4. The first-order valence-electron chi connectivity index (χ1n) is 6.42. The molecule has 0 saturated carbocycles. The van der Waals surface area contributed by atoms with Crippen LogP contribution in [0.4, 0.5) is 0 Å². The summed E-state index contributed by atoms with van der Waals surface area (Å²) in [6.07, 6.45) is 0. The lowest BCUT2D eigenvalue weighted by atomic mass is 9.83. The van der Waals surface area contributed by atoms with Crippen molar-refractivity contribution in [1.82, 2.24) is 4.90 Å². The van der Waals surface area contributed by atoms with E-state index in [2.05, 4.69) is 72.7 Å². The van der Waals surface area contributed by atoms with Crippen molar-refractivity contribution in [1.29, 1.82) is 0 Å². The second kappa shape index (κ2) is 4.81. The molecule has 1 aromatic carbocycles. The van der Waals surface area contributed by atoms with Gasteiger partial charge in [-0.25, -0.2) is 0 Å². The molecule has 0 bridgehead atoms. The molecule has 0 aromatic heterocycles. The normalized spacial score (nSPS) is 14.2. The van der Waals surface area contributed by atoms with Crippen LogP contribution in [0.25, 0.3) is 0 Å². The van der Waals surface area contributed by atoms with Gasteiger partial charge in [0.1, 0.15) is 0 Å². The monoisotopic (exact) mass is 233 g/mol. The minimum Gasteiger partial charge on any atom is -0.303 e. The summed E-state index contributed by atoms with van der Waals surface area (Å²) < 4.78 is 0. The summed E-state index contributed by atoms with van der Waals surface area (Å²) in [4.78, 5) is 2.27. The Morgan fingerprint density at radius 2 is 1.41 bits per heavy atom. The van der Waals surface area contributed by atoms with E-state index in [4.69, 9.17) is 0 Å². The number of nitrogens with zero attached hydrogens (tertiary/aromatic N) is 1. The van der Waals surface area contributed by atoms with Crippen LogP contribution in [0.15, 0.2) is 12.1 Å². The Labute approximate surface area is 107 Å². The molecule has 0 saturated heterocycles. The second-order valence-corrected chi connectivity index (χ2v) is 6.41. The van der Waals surface area contributed by atoms with Crippen LogP contribution in [0.1, 0.15) is 56.0 Å². The lowest BCUT2D eigenvalue weighted by Crippen LogP contribution is -2.20. The minimum absolute atomic E-state index is 0.232. The maximum absolute atomic E-state index is 2.35. The van der Waals surface area contributed by atoms with E-state index in [1.54, 1.807) is 0 Å². The van der Waals surface area contributed by atoms with Crippen LogP contribution in [-0.2, 0) is 5.41 Å². The van der Waals surface area contributed by atoms with Crippen molar-refractivity contribution in [3.8, 4) is 0 Å². The predicted molar refractivity (Wildman–Crippen MR) is 76.7 cm³/mol. The van der Waals surface area contributed by atoms with E-state index in [0.717, 1.165) is 0 Å².